The van der Waals surface area contributed by atoms with Crippen LogP contribution in [0.3, 0.4) is 0 Å². The highest BCUT2D eigenvalue weighted by atomic mass is 80.0. The van der Waals surface area contributed by atoms with Gasteiger partial charge in [0.1, 0.15) is 22.0 Å². The molecule has 2 aromatic carbocycles. The summed E-state index contributed by atoms with van der Waals surface area (Å²) in [6, 6.07) is 13.8. The molecule has 2 aromatic rings. The van der Waals surface area contributed by atoms with Crippen LogP contribution in [0.25, 0.3) is 0 Å². The fraction of sp³-hybridized carbons (Fsp3) is 0.333. The third-order valence-corrected chi connectivity index (χ3v) is 11.2. The average Bonchev–Trinajstić information content (AvgIpc) is 2.60. The van der Waals surface area contributed by atoms with Gasteiger partial charge in [0, 0.05) is 0 Å². The molecule has 0 saturated carbocycles. The van der Waals surface area contributed by atoms with Crippen molar-refractivity contribution in [3.05, 3.63) is 59.7 Å². The smallest absolute Gasteiger partial charge is 0.170 e. The quantitative estimate of drug-likeness (QED) is 0.283. The molecule has 160 valence electrons. The van der Waals surface area contributed by atoms with Crippen LogP contribution in [0, 0.1) is 0 Å². The number of hydrogen-bond acceptors (Lipinski definition) is 4. The van der Waals surface area contributed by atoms with Crippen molar-refractivity contribution >= 4 is 105 Å². The Balaban J connectivity index is 2.66. The molecule has 0 amide bonds. The Morgan fingerprint density at radius 2 is 0.931 bits per heavy atom. The first kappa shape index (κ1) is 26.1. The number of halogens is 6. The summed E-state index contributed by atoms with van der Waals surface area (Å²) in [7, 11) is -0.773. The molecule has 0 N–H and O–H groups in total. The molecule has 2 rings (SSSR count). The van der Waals surface area contributed by atoms with Gasteiger partial charge in [-0.15, -0.1) is 0 Å². The third kappa shape index (κ3) is 6.44. The van der Waals surface area contributed by atoms with Gasteiger partial charge in [0.2, 0.25) is 0 Å². The van der Waals surface area contributed by atoms with Crippen molar-refractivity contribution in [1.82, 2.24) is 0 Å². The van der Waals surface area contributed by atoms with Crippen molar-refractivity contribution in [2.75, 3.05) is 14.2 Å². The van der Waals surface area contributed by atoms with Crippen LogP contribution in [0.15, 0.2) is 48.5 Å². The lowest BCUT2D eigenvalue weighted by molar-refractivity contribution is 0.414. The molecule has 0 saturated heterocycles. The molecular weight excluding hydrogens is 792 g/mol. The Morgan fingerprint density at radius 1 is 0.655 bits per heavy atom. The third-order valence-electron chi connectivity index (χ3n) is 4.09. The number of ether oxygens (including phenoxy) is 2. The topological polar surface area (TPSA) is 52.6 Å². The first-order valence-corrected chi connectivity index (χ1v) is 14.3. The van der Waals surface area contributed by atoms with Gasteiger partial charge >= 0.3 is 0 Å². The monoisotopic (exact) mass is 802 g/mol. The molecule has 0 fully saturated rings. The van der Waals surface area contributed by atoms with Crippen LogP contribution in [0.4, 0.5) is 0 Å². The van der Waals surface area contributed by atoms with Crippen LogP contribution in [0.2, 0.25) is 0 Å². The molecule has 0 spiro atoms. The van der Waals surface area contributed by atoms with Crippen molar-refractivity contribution in [3.63, 3.8) is 0 Å². The van der Waals surface area contributed by atoms with Crippen molar-refractivity contribution in [2.45, 2.75) is 14.8 Å². The highest BCUT2D eigenvalue weighted by molar-refractivity contribution is 9.40. The average molecular weight is 808 g/mol. The fourth-order valence-corrected chi connectivity index (χ4v) is 11.2. The van der Waals surface area contributed by atoms with E-state index >= 15 is 0 Å². The number of methoxy groups -OCH3 is 2. The zero-order valence-corrected chi connectivity index (χ0v) is 25.4. The van der Waals surface area contributed by atoms with E-state index in [-0.39, 0.29) is 0 Å². The van der Waals surface area contributed by atoms with Gasteiger partial charge in [0.05, 0.1) is 14.2 Å². The molecule has 0 radical (unpaired) electrons. The first-order valence-electron chi connectivity index (χ1n) is 7.96. The normalized spacial score (nSPS) is 14.9. The van der Waals surface area contributed by atoms with Gasteiger partial charge in [-0.1, -0.05) is 120 Å². The zero-order chi connectivity index (χ0) is 22.0. The summed E-state index contributed by atoms with van der Waals surface area (Å²) < 4.78 is 36.2. The van der Waals surface area contributed by atoms with Crippen LogP contribution in [-0.2, 0) is 9.84 Å². The second-order valence-corrected chi connectivity index (χ2v) is 22.0. The van der Waals surface area contributed by atoms with Gasteiger partial charge in [-0.05, 0) is 35.4 Å². The highest BCUT2D eigenvalue weighted by Crippen LogP contribution is 2.58. The van der Waals surface area contributed by atoms with E-state index in [0.29, 0.717) is 22.6 Å². The fourth-order valence-electron chi connectivity index (χ4n) is 2.82. The Morgan fingerprint density at radius 3 is 1.14 bits per heavy atom. The minimum Gasteiger partial charge on any atom is -0.497 e. The summed E-state index contributed by atoms with van der Waals surface area (Å²) in [5.41, 5.74) is 1.15. The van der Waals surface area contributed by atoms with Gasteiger partial charge in [-0.25, -0.2) is 8.42 Å². The molecule has 4 nitrogen and oxygen atoms in total. The summed E-state index contributed by atoms with van der Waals surface area (Å²) in [5.74, 6) is 1.27. The zero-order valence-electron chi connectivity index (χ0n) is 15.1. The number of rotatable bonds is 6. The molecule has 0 aliphatic rings. The molecule has 0 aliphatic heterocycles. The summed E-state index contributed by atoms with van der Waals surface area (Å²) in [5, 5.41) is -2.00. The van der Waals surface area contributed by atoms with Gasteiger partial charge in [0.15, 0.2) is 14.1 Å². The minimum absolute atomic E-state index is 0.576. The maximum Gasteiger partial charge on any atom is 0.170 e. The van der Waals surface area contributed by atoms with E-state index in [1.165, 1.54) is 0 Å². The molecule has 0 heterocycles. The molecule has 11 heteroatoms. The van der Waals surface area contributed by atoms with Gasteiger partial charge in [0.25, 0.3) is 0 Å². The van der Waals surface area contributed by atoms with Crippen LogP contribution < -0.4 is 9.47 Å². The summed E-state index contributed by atoms with van der Waals surface area (Å²) in [6.07, 6.45) is 0. The minimum atomic E-state index is -3.89. The Hall–Kier alpha value is 0.870. The van der Waals surface area contributed by atoms with Gasteiger partial charge < -0.3 is 9.47 Å². The van der Waals surface area contributed by atoms with Gasteiger partial charge in [-0.3, -0.25) is 0 Å². The SMILES string of the molecule is COc1ccc(C(C(Br)(Br)Br)S(=O)(=O)C(c2ccc(OC)cc2)C(Br)(Br)Br)cc1. The van der Waals surface area contributed by atoms with E-state index in [0.717, 1.165) is 0 Å². The molecule has 2 unspecified atom stereocenters. The van der Waals surface area contributed by atoms with E-state index in [4.69, 9.17) is 9.47 Å². The van der Waals surface area contributed by atoms with E-state index < -0.39 is 24.6 Å². The van der Waals surface area contributed by atoms with Crippen LogP contribution >= 0.6 is 95.6 Å². The van der Waals surface area contributed by atoms with Crippen molar-refractivity contribution < 1.29 is 17.9 Å². The number of benzene rings is 2. The lowest BCUT2D eigenvalue weighted by Gasteiger charge is -2.34. The maximum absolute atomic E-state index is 14.0. The molecule has 29 heavy (non-hydrogen) atoms. The maximum atomic E-state index is 14.0. The summed E-state index contributed by atoms with van der Waals surface area (Å²) >= 11 is 20.6. The van der Waals surface area contributed by atoms with E-state index in [2.05, 4.69) is 95.6 Å². The lowest BCUT2D eigenvalue weighted by atomic mass is 10.1. The number of sulfone groups is 1. The largest absolute Gasteiger partial charge is 0.497 e. The van der Waals surface area contributed by atoms with Gasteiger partial charge in [-0.2, -0.15) is 0 Å². The standard InChI is InChI=1S/C18H16Br6O4S/c1-27-13-7-3-11(4-8-13)15(17(19,20)21)29(25,26)16(18(22,23)24)12-5-9-14(28-2)10-6-12/h3-10,15-16H,1-2H3. The number of hydrogen-bond donors (Lipinski definition) is 0. The van der Waals surface area contributed by atoms with E-state index in [1.807, 2.05) is 0 Å². The van der Waals surface area contributed by atoms with Crippen molar-refractivity contribution in [3.8, 4) is 11.5 Å². The molecule has 0 aliphatic carbocycles. The Kier molecular flexibility index (Phi) is 9.20. The second kappa shape index (κ2) is 10.2. The van der Waals surface area contributed by atoms with Crippen molar-refractivity contribution in [2.24, 2.45) is 0 Å². The van der Waals surface area contributed by atoms with Crippen LogP contribution in [0.5, 0.6) is 11.5 Å². The number of alkyl halides is 6. The van der Waals surface area contributed by atoms with E-state index in [1.54, 1.807) is 62.8 Å². The summed E-state index contributed by atoms with van der Waals surface area (Å²) in [4.78, 5) is 0. The molecule has 0 aromatic heterocycles. The Labute approximate surface area is 221 Å². The Bertz CT molecular complexity index is 847. The van der Waals surface area contributed by atoms with Crippen LogP contribution in [-0.4, -0.2) is 26.9 Å². The highest BCUT2D eigenvalue weighted by Gasteiger charge is 2.52. The van der Waals surface area contributed by atoms with Crippen molar-refractivity contribution in [1.29, 1.82) is 0 Å². The molecule has 0 bridgehead atoms. The predicted octanol–water partition coefficient (Wildman–Crippen LogP) is 7.58. The second-order valence-electron chi connectivity index (χ2n) is 5.98. The van der Waals surface area contributed by atoms with E-state index in [9.17, 15) is 8.42 Å². The summed E-state index contributed by atoms with van der Waals surface area (Å²) in [6.45, 7) is 0. The predicted molar refractivity (Wildman–Crippen MR) is 139 cm³/mol. The molecule has 2 atom stereocenters. The lowest BCUT2D eigenvalue weighted by Crippen LogP contribution is -2.34. The molecular formula is C18H16Br6O4S. The first-order chi connectivity index (χ1) is 13.3. The van der Waals surface area contributed by atoms with Crippen LogP contribution in [0.1, 0.15) is 21.6 Å².